The van der Waals surface area contributed by atoms with Gasteiger partial charge in [-0.3, -0.25) is 9.59 Å². The second-order valence-corrected chi connectivity index (χ2v) is 9.29. The first-order chi connectivity index (χ1) is 13.2. The van der Waals surface area contributed by atoms with Crippen molar-refractivity contribution in [3.05, 3.63) is 21.4 Å². The summed E-state index contributed by atoms with van der Waals surface area (Å²) in [5.74, 6) is 1.05. The summed E-state index contributed by atoms with van der Waals surface area (Å²) in [4.78, 5) is 29.4. The van der Waals surface area contributed by atoms with Crippen LogP contribution < -0.4 is 5.32 Å². The Bertz CT molecular complexity index is 675. The molecule has 4 rings (SSSR count). The lowest BCUT2D eigenvalue weighted by Gasteiger charge is -2.26. The molecule has 0 radical (unpaired) electrons. The van der Waals surface area contributed by atoms with Gasteiger partial charge in [0.15, 0.2) is 0 Å². The molecule has 0 spiro atoms. The molecule has 2 aliphatic carbocycles. The van der Waals surface area contributed by atoms with Crippen molar-refractivity contribution in [2.24, 2.45) is 11.8 Å². The summed E-state index contributed by atoms with van der Waals surface area (Å²) in [5.41, 5.74) is 1.21. The van der Waals surface area contributed by atoms with Gasteiger partial charge in [0.1, 0.15) is 0 Å². The highest BCUT2D eigenvalue weighted by Gasteiger charge is 2.29. The zero-order valence-corrected chi connectivity index (χ0v) is 16.8. The Balaban J connectivity index is 1.33. The molecular weight excluding hydrogens is 360 g/mol. The quantitative estimate of drug-likeness (QED) is 0.860. The predicted molar refractivity (Wildman–Crippen MR) is 106 cm³/mol. The number of rotatable bonds is 4. The van der Waals surface area contributed by atoms with Crippen LogP contribution in [0.3, 0.4) is 0 Å². The molecule has 148 valence electrons. The molecule has 1 atom stereocenters. The van der Waals surface area contributed by atoms with Gasteiger partial charge in [-0.15, -0.1) is 11.3 Å². The summed E-state index contributed by atoms with van der Waals surface area (Å²) >= 11 is 1.62. The minimum Gasteiger partial charge on any atom is -0.378 e. The van der Waals surface area contributed by atoms with Crippen LogP contribution in [0.25, 0.3) is 0 Å². The topological polar surface area (TPSA) is 58.6 Å². The number of hydrogen-bond acceptors (Lipinski definition) is 4. The van der Waals surface area contributed by atoms with Gasteiger partial charge in [-0.25, -0.2) is 0 Å². The molecule has 1 aliphatic heterocycles. The van der Waals surface area contributed by atoms with Gasteiger partial charge in [-0.1, -0.05) is 19.3 Å². The molecule has 6 heteroatoms. The van der Waals surface area contributed by atoms with Crippen LogP contribution in [0.4, 0.5) is 0 Å². The summed E-state index contributed by atoms with van der Waals surface area (Å²) in [6, 6.07) is 2.04. The van der Waals surface area contributed by atoms with Gasteiger partial charge in [-0.2, -0.15) is 0 Å². The second-order valence-electron chi connectivity index (χ2n) is 8.15. The van der Waals surface area contributed by atoms with Crippen molar-refractivity contribution in [3.63, 3.8) is 0 Å². The van der Waals surface area contributed by atoms with Gasteiger partial charge in [0.05, 0.1) is 18.1 Å². The SMILES string of the molecule is O=C(NCC1CCCCC1)C1CCc2sc(C(=O)N3CCOCC3)cc2C1. The Morgan fingerprint density at radius 2 is 1.93 bits per heavy atom. The van der Waals surface area contributed by atoms with E-state index in [9.17, 15) is 9.59 Å². The molecule has 1 saturated carbocycles. The predicted octanol–water partition coefficient (Wildman–Crippen LogP) is 3.02. The maximum absolute atomic E-state index is 12.7. The largest absolute Gasteiger partial charge is 0.378 e. The van der Waals surface area contributed by atoms with E-state index in [0.717, 1.165) is 30.7 Å². The lowest BCUT2D eigenvalue weighted by atomic mass is 9.86. The maximum atomic E-state index is 12.7. The number of ether oxygens (including phenoxy) is 1. The summed E-state index contributed by atoms with van der Waals surface area (Å²) < 4.78 is 5.34. The molecule has 0 bridgehead atoms. The van der Waals surface area contributed by atoms with Crippen LogP contribution >= 0.6 is 11.3 Å². The third-order valence-corrected chi connectivity index (χ3v) is 7.48. The van der Waals surface area contributed by atoms with Gasteiger partial charge >= 0.3 is 0 Å². The maximum Gasteiger partial charge on any atom is 0.264 e. The molecule has 2 heterocycles. The van der Waals surface area contributed by atoms with E-state index >= 15 is 0 Å². The number of thiophene rings is 1. The number of amides is 2. The molecular formula is C21H30N2O3S. The first-order valence-corrected chi connectivity index (χ1v) is 11.3. The minimum absolute atomic E-state index is 0.0574. The molecule has 1 saturated heterocycles. The molecule has 1 unspecified atom stereocenters. The summed E-state index contributed by atoms with van der Waals surface area (Å²) in [6.07, 6.45) is 9.06. The van der Waals surface area contributed by atoms with E-state index in [-0.39, 0.29) is 17.7 Å². The Morgan fingerprint density at radius 3 is 2.70 bits per heavy atom. The zero-order chi connectivity index (χ0) is 18.6. The highest BCUT2D eigenvalue weighted by atomic mass is 32.1. The average Bonchev–Trinajstić information content (AvgIpc) is 3.16. The fraction of sp³-hybridized carbons (Fsp3) is 0.714. The smallest absolute Gasteiger partial charge is 0.264 e. The van der Waals surface area contributed by atoms with Crippen LogP contribution in [0.1, 0.15) is 58.6 Å². The number of aryl methyl sites for hydroxylation is 1. The van der Waals surface area contributed by atoms with Crippen LogP contribution in [-0.2, 0) is 22.4 Å². The van der Waals surface area contributed by atoms with E-state index in [2.05, 4.69) is 5.32 Å². The van der Waals surface area contributed by atoms with Crippen molar-refractivity contribution >= 4 is 23.2 Å². The number of nitrogens with one attached hydrogen (secondary N) is 1. The Morgan fingerprint density at radius 1 is 1.15 bits per heavy atom. The fourth-order valence-electron chi connectivity index (χ4n) is 4.56. The normalized spacial score (nSPS) is 23.7. The number of nitrogens with zero attached hydrogens (tertiary/aromatic N) is 1. The number of carbonyl (C=O) groups excluding carboxylic acids is 2. The van der Waals surface area contributed by atoms with Gasteiger partial charge < -0.3 is 15.0 Å². The van der Waals surface area contributed by atoms with Gasteiger partial charge in [0, 0.05) is 30.4 Å². The van der Waals surface area contributed by atoms with E-state index in [1.165, 1.54) is 42.5 Å². The third-order valence-electron chi connectivity index (χ3n) is 6.25. The van der Waals surface area contributed by atoms with Crippen molar-refractivity contribution in [1.82, 2.24) is 10.2 Å². The van der Waals surface area contributed by atoms with E-state index in [1.54, 1.807) is 11.3 Å². The molecule has 27 heavy (non-hydrogen) atoms. The fourth-order valence-corrected chi connectivity index (χ4v) is 5.73. The molecule has 0 aromatic carbocycles. The number of hydrogen-bond donors (Lipinski definition) is 1. The average molecular weight is 391 g/mol. The molecule has 5 nitrogen and oxygen atoms in total. The monoisotopic (exact) mass is 390 g/mol. The third kappa shape index (κ3) is 4.54. The first-order valence-electron chi connectivity index (χ1n) is 10.5. The van der Waals surface area contributed by atoms with Gasteiger partial charge in [-0.05, 0) is 49.7 Å². The summed E-state index contributed by atoms with van der Waals surface area (Å²) in [7, 11) is 0. The molecule has 3 aliphatic rings. The Kier molecular flexibility index (Phi) is 6.13. The van der Waals surface area contributed by atoms with Crippen LogP contribution in [0.2, 0.25) is 0 Å². The van der Waals surface area contributed by atoms with Crippen molar-refractivity contribution in [3.8, 4) is 0 Å². The number of carbonyl (C=O) groups is 2. The van der Waals surface area contributed by atoms with Crippen LogP contribution in [0, 0.1) is 11.8 Å². The summed E-state index contributed by atoms with van der Waals surface area (Å²) in [6.45, 7) is 3.44. The standard InChI is InChI=1S/C21H30N2O3S/c24-20(22-14-15-4-2-1-3-5-15)16-6-7-18-17(12-16)13-19(27-18)21(25)23-8-10-26-11-9-23/h13,15-16H,1-12,14H2,(H,22,24). The summed E-state index contributed by atoms with van der Waals surface area (Å²) in [5, 5.41) is 3.21. The van der Waals surface area contributed by atoms with Gasteiger partial charge in [0.2, 0.25) is 5.91 Å². The second kappa shape index (κ2) is 8.74. The Hall–Kier alpha value is -1.40. The lowest BCUT2D eigenvalue weighted by Crippen LogP contribution is -2.40. The van der Waals surface area contributed by atoms with E-state index in [1.807, 2.05) is 11.0 Å². The van der Waals surface area contributed by atoms with Crippen molar-refractivity contribution in [1.29, 1.82) is 0 Å². The van der Waals surface area contributed by atoms with Crippen LogP contribution in [0.15, 0.2) is 6.07 Å². The highest BCUT2D eigenvalue weighted by molar-refractivity contribution is 7.14. The molecule has 1 aromatic rings. The van der Waals surface area contributed by atoms with E-state index in [0.29, 0.717) is 32.2 Å². The first kappa shape index (κ1) is 18.9. The van der Waals surface area contributed by atoms with Crippen molar-refractivity contribution < 1.29 is 14.3 Å². The number of fused-ring (bicyclic) bond motifs is 1. The van der Waals surface area contributed by atoms with Crippen LogP contribution in [-0.4, -0.2) is 49.6 Å². The van der Waals surface area contributed by atoms with Crippen LogP contribution in [0.5, 0.6) is 0 Å². The molecule has 1 N–H and O–H groups in total. The van der Waals surface area contributed by atoms with E-state index in [4.69, 9.17) is 4.74 Å². The molecule has 2 fully saturated rings. The van der Waals surface area contributed by atoms with E-state index < -0.39 is 0 Å². The van der Waals surface area contributed by atoms with Crippen molar-refractivity contribution in [2.75, 3.05) is 32.8 Å². The molecule has 2 amide bonds. The van der Waals surface area contributed by atoms with Crippen molar-refractivity contribution in [2.45, 2.75) is 51.4 Å². The Labute approximate surface area is 165 Å². The minimum atomic E-state index is 0.0574. The zero-order valence-electron chi connectivity index (χ0n) is 16.0. The molecule has 1 aromatic heterocycles. The lowest BCUT2D eigenvalue weighted by molar-refractivity contribution is -0.125. The highest BCUT2D eigenvalue weighted by Crippen LogP contribution is 2.33. The van der Waals surface area contributed by atoms with Gasteiger partial charge in [0.25, 0.3) is 5.91 Å². The number of morpholine rings is 1.